The van der Waals surface area contributed by atoms with Gasteiger partial charge in [-0.2, -0.15) is 0 Å². The number of carbonyl (C=O) groups is 2. The lowest BCUT2D eigenvalue weighted by atomic mass is 10.1. The molecule has 1 aliphatic rings. The second-order valence-corrected chi connectivity index (χ2v) is 3.82. The summed E-state index contributed by atoms with van der Waals surface area (Å²) < 4.78 is 0. The first kappa shape index (κ1) is 11.2. The summed E-state index contributed by atoms with van der Waals surface area (Å²) >= 11 is 0. The Bertz CT molecular complexity index is 474. The van der Waals surface area contributed by atoms with Crippen LogP contribution in [0.2, 0.25) is 0 Å². The minimum Gasteiger partial charge on any atom is -0.396 e. The predicted octanol–water partition coefficient (Wildman–Crippen LogP) is -0.537. The molecular weight excluding hydrogens is 222 g/mol. The number of imide groups is 1. The first-order valence-corrected chi connectivity index (χ1v) is 5.18. The van der Waals surface area contributed by atoms with E-state index in [0.717, 1.165) is 0 Å². The highest BCUT2D eigenvalue weighted by atomic mass is 16.2. The molecule has 1 aliphatic heterocycles. The monoisotopic (exact) mass is 235 g/mol. The van der Waals surface area contributed by atoms with Crippen molar-refractivity contribution in [3.8, 4) is 0 Å². The molecule has 0 aliphatic carbocycles. The SMILES string of the molecule is Nc1ccc(NC2CCC(=O)NC2=O)nc1N. The van der Waals surface area contributed by atoms with E-state index >= 15 is 0 Å². The zero-order chi connectivity index (χ0) is 12.4. The third kappa shape index (κ3) is 2.44. The molecule has 7 heteroatoms. The van der Waals surface area contributed by atoms with Gasteiger partial charge in [-0.1, -0.05) is 0 Å². The Balaban J connectivity index is 2.08. The van der Waals surface area contributed by atoms with E-state index in [2.05, 4.69) is 15.6 Å². The number of nitrogens with zero attached hydrogens (tertiary/aromatic N) is 1. The molecule has 1 aromatic rings. The van der Waals surface area contributed by atoms with Crippen LogP contribution in [0.15, 0.2) is 12.1 Å². The number of amides is 2. The zero-order valence-electron chi connectivity index (χ0n) is 9.06. The molecule has 7 nitrogen and oxygen atoms in total. The van der Waals surface area contributed by atoms with Crippen molar-refractivity contribution in [3.63, 3.8) is 0 Å². The van der Waals surface area contributed by atoms with Crippen LogP contribution < -0.4 is 22.1 Å². The van der Waals surface area contributed by atoms with E-state index in [1.165, 1.54) is 0 Å². The fraction of sp³-hybridized carbons (Fsp3) is 0.300. The normalized spacial score (nSPS) is 19.9. The molecule has 0 bridgehead atoms. The van der Waals surface area contributed by atoms with E-state index in [1.807, 2.05) is 0 Å². The Hall–Kier alpha value is -2.31. The second kappa shape index (κ2) is 4.28. The fourth-order valence-corrected chi connectivity index (χ4v) is 1.58. The molecule has 90 valence electrons. The van der Waals surface area contributed by atoms with Crippen LogP contribution in [0.4, 0.5) is 17.3 Å². The number of hydrogen-bond acceptors (Lipinski definition) is 6. The minimum atomic E-state index is -0.469. The van der Waals surface area contributed by atoms with Crippen molar-refractivity contribution in [3.05, 3.63) is 12.1 Å². The molecule has 17 heavy (non-hydrogen) atoms. The Kier molecular flexibility index (Phi) is 2.82. The van der Waals surface area contributed by atoms with Gasteiger partial charge in [0.1, 0.15) is 17.7 Å². The van der Waals surface area contributed by atoms with E-state index in [-0.39, 0.29) is 17.6 Å². The van der Waals surface area contributed by atoms with Crippen molar-refractivity contribution >= 4 is 29.1 Å². The molecule has 0 saturated carbocycles. The van der Waals surface area contributed by atoms with Crippen molar-refractivity contribution < 1.29 is 9.59 Å². The average molecular weight is 235 g/mol. The number of nitrogens with two attached hydrogens (primary N) is 2. The molecule has 6 N–H and O–H groups in total. The molecule has 1 fully saturated rings. The standard InChI is InChI=1S/C10H13N5O2/c11-5-1-3-7(14-9(5)12)13-6-2-4-8(16)15-10(6)17/h1,3,6H,2,4,11H2,(H3,12,13,14)(H,15,16,17). The lowest BCUT2D eigenvalue weighted by molar-refractivity contribution is -0.133. The van der Waals surface area contributed by atoms with Gasteiger partial charge in [-0.15, -0.1) is 0 Å². The summed E-state index contributed by atoms with van der Waals surface area (Å²) in [6.45, 7) is 0. The van der Waals surface area contributed by atoms with Crippen molar-refractivity contribution in [1.29, 1.82) is 0 Å². The van der Waals surface area contributed by atoms with Crippen molar-refractivity contribution in [2.75, 3.05) is 16.8 Å². The summed E-state index contributed by atoms with van der Waals surface area (Å²) in [5, 5.41) is 5.16. The van der Waals surface area contributed by atoms with Gasteiger partial charge in [0.05, 0.1) is 5.69 Å². The summed E-state index contributed by atoms with van der Waals surface area (Å²) in [5.41, 5.74) is 11.5. The number of piperidine rings is 1. The van der Waals surface area contributed by atoms with Crippen LogP contribution in [0.5, 0.6) is 0 Å². The van der Waals surface area contributed by atoms with Crippen LogP contribution in [0, 0.1) is 0 Å². The average Bonchev–Trinajstić information content (AvgIpc) is 2.27. The number of aromatic nitrogens is 1. The van der Waals surface area contributed by atoms with Crippen LogP contribution in [0.25, 0.3) is 0 Å². The molecule has 1 atom stereocenters. The van der Waals surface area contributed by atoms with Gasteiger partial charge >= 0.3 is 0 Å². The van der Waals surface area contributed by atoms with Gasteiger partial charge in [-0.25, -0.2) is 4.98 Å². The third-order valence-electron chi connectivity index (χ3n) is 2.52. The van der Waals surface area contributed by atoms with Gasteiger partial charge in [-0.3, -0.25) is 14.9 Å². The number of nitrogens with one attached hydrogen (secondary N) is 2. The lowest BCUT2D eigenvalue weighted by Gasteiger charge is -2.22. The van der Waals surface area contributed by atoms with Crippen LogP contribution in [-0.2, 0) is 9.59 Å². The maximum absolute atomic E-state index is 11.5. The van der Waals surface area contributed by atoms with Gasteiger partial charge < -0.3 is 16.8 Å². The number of pyridine rings is 1. The maximum Gasteiger partial charge on any atom is 0.249 e. The van der Waals surface area contributed by atoms with Crippen LogP contribution in [-0.4, -0.2) is 22.8 Å². The predicted molar refractivity (Wildman–Crippen MR) is 62.9 cm³/mol. The molecule has 2 amide bonds. The molecule has 0 spiro atoms. The number of carbonyl (C=O) groups excluding carboxylic acids is 2. The fourth-order valence-electron chi connectivity index (χ4n) is 1.58. The zero-order valence-corrected chi connectivity index (χ0v) is 9.06. The molecular formula is C10H13N5O2. The molecule has 2 rings (SSSR count). The van der Waals surface area contributed by atoms with Crippen molar-refractivity contribution in [2.24, 2.45) is 0 Å². The molecule has 1 unspecified atom stereocenters. The first-order chi connectivity index (χ1) is 8.06. The highest BCUT2D eigenvalue weighted by molar-refractivity contribution is 6.01. The summed E-state index contributed by atoms with van der Waals surface area (Å²) in [4.78, 5) is 26.4. The van der Waals surface area contributed by atoms with Crippen LogP contribution in [0.3, 0.4) is 0 Å². The van der Waals surface area contributed by atoms with Crippen LogP contribution >= 0.6 is 0 Å². The maximum atomic E-state index is 11.5. The lowest BCUT2D eigenvalue weighted by Crippen LogP contribution is -2.47. The highest BCUT2D eigenvalue weighted by Crippen LogP contribution is 2.17. The molecule has 0 radical (unpaired) electrons. The Morgan fingerprint density at radius 3 is 2.76 bits per heavy atom. The smallest absolute Gasteiger partial charge is 0.249 e. The summed E-state index contributed by atoms with van der Waals surface area (Å²) in [6, 6.07) is 2.77. The number of hydrogen-bond donors (Lipinski definition) is 4. The van der Waals surface area contributed by atoms with E-state index in [0.29, 0.717) is 24.3 Å². The van der Waals surface area contributed by atoms with Gasteiger partial charge in [0.2, 0.25) is 11.8 Å². The number of nitrogen functional groups attached to an aromatic ring is 2. The van der Waals surface area contributed by atoms with Gasteiger partial charge in [0.25, 0.3) is 0 Å². The topological polar surface area (TPSA) is 123 Å². The number of rotatable bonds is 2. The molecule has 1 saturated heterocycles. The molecule has 0 aromatic carbocycles. The van der Waals surface area contributed by atoms with Crippen molar-refractivity contribution in [1.82, 2.24) is 10.3 Å². The third-order valence-corrected chi connectivity index (χ3v) is 2.52. The highest BCUT2D eigenvalue weighted by Gasteiger charge is 2.26. The number of anilines is 3. The Labute approximate surface area is 97.6 Å². The van der Waals surface area contributed by atoms with Crippen LogP contribution in [0.1, 0.15) is 12.8 Å². The minimum absolute atomic E-state index is 0.210. The van der Waals surface area contributed by atoms with E-state index < -0.39 is 6.04 Å². The molecule has 1 aromatic heterocycles. The summed E-state index contributed by atoms with van der Waals surface area (Å²) in [7, 11) is 0. The van der Waals surface area contributed by atoms with E-state index in [1.54, 1.807) is 12.1 Å². The van der Waals surface area contributed by atoms with E-state index in [9.17, 15) is 9.59 Å². The van der Waals surface area contributed by atoms with Gasteiger partial charge in [0, 0.05) is 6.42 Å². The summed E-state index contributed by atoms with van der Waals surface area (Å²) in [5.74, 6) is 0.0739. The van der Waals surface area contributed by atoms with Gasteiger partial charge in [-0.05, 0) is 18.6 Å². The largest absolute Gasteiger partial charge is 0.396 e. The Morgan fingerprint density at radius 1 is 1.35 bits per heavy atom. The first-order valence-electron chi connectivity index (χ1n) is 5.18. The van der Waals surface area contributed by atoms with Gasteiger partial charge in [0.15, 0.2) is 0 Å². The quantitative estimate of drug-likeness (QED) is 0.511. The Morgan fingerprint density at radius 2 is 2.12 bits per heavy atom. The molecule has 2 heterocycles. The second-order valence-electron chi connectivity index (χ2n) is 3.82. The van der Waals surface area contributed by atoms with Crippen molar-refractivity contribution in [2.45, 2.75) is 18.9 Å². The van der Waals surface area contributed by atoms with E-state index in [4.69, 9.17) is 11.5 Å². The summed E-state index contributed by atoms with van der Waals surface area (Å²) in [6.07, 6.45) is 0.754.